The lowest BCUT2D eigenvalue weighted by molar-refractivity contribution is -0.117. The lowest BCUT2D eigenvalue weighted by Gasteiger charge is -2.15. The number of amides is 1. The van der Waals surface area contributed by atoms with Gasteiger partial charge in [0.15, 0.2) is 0 Å². The van der Waals surface area contributed by atoms with Crippen LogP contribution in [0.1, 0.15) is 6.42 Å². The van der Waals surface area contributed by atoms with Gasteiger partial charge in [0.25, 0.3) is 0 Å². The van der Waals surface area contributed by atoms with E-state index < -0.39 is 6.04 Å². The van der Waals surface area contributed by atoms with Crippen molar-refractivity contribution in [3.63, 3.8) is 0 Å². The van der Waals surface area contributed by atoms with Crippen LogP contribution in [0.4, 0.5) is 5.69 Å². The molecule has 0 aromatic heterocycles. The van der Waals surface area contributed by atoms with Crippen LogP contribution in [-0.2, 0) is 9.53 Å². The first-order valence-electron chi connectivity index (χ1n) is 6.00. The molecule has 1 aromatic carbocycles. The van der Waals surface area contributed by atoms with Gasteiger partial charge in [-0.15, -0.1) is 0 Å². The lowest BCUT2D eigenvalue weighted by atomic mass is 10.2. The van der Waals surface area contributed by atoms with Crippen LogP contribution in [0.15, 0.2) is 12.1 Å². The minimum atomic E-state index is -0.666. The average molecular weight is 303 g/mol. The third-order valence-electron chi connectivity index (χ3n) is 2.70. The molecular weight excluding hydrogens is 284 g/mol. The monoisotopic (exact) mass is 302 g/mol. The summed E-state index contributed by atoms with van der Waals surface area (Å²) in [5.74, 6) is 0.574. The van der Waals surface area contributed by atoms with E-state index in [1.165, 1.54) is 14.2 Å². The fourth-order valence-electron chi connectivity index (χ4n) is 1.56. The number of hydrogen-bond acceptors (Lipinski definition) is 5. The van der Waals surface area contributed by atoms with Gasteiger partial charge in [-0.05, 0) is 12.5 Å². The zero-order valence-corrected chi connectivity index (χ0v) is 12.5. The van der Waals surface area contributed by atoms with Crippen LogP contribution < -0.4 is 20.5 Å². The highest BCUT2D eigenvalue weighted by Crippen LogP contribution is 2.35. The van der Waals surface area contributed by atoms with E-state index >= 15 is 0 Å². The largest absolute Gasteiger partial charge is 0.495 e. The summed E-state index contributed by atoms with van der Waals surface area (Å²) in [5.41, 5.74) is 6.19. The summed E-state index contributed by atoms with van der Waals surface area (Å²) in [5, 5.41) is 3.05. The van der Waals surface area contributed by atoms with E-state index in [1.807, 2.05) is 0 Å². The van der Waals surface area contributed by atoms with Gasteiger partial charge < -0.3 is 25.3 Å². The van der Waals surface area contributed by atoms with Crippen molar-refractivity contribution < 1.29 is 19.0 Å². The van der Waals surface area contributed by atoms with Crippen LogP contribution in [0.25, 0.3) is 0 Å². The molecule has 1 aromatic rings. The maximum atomic E-state index is 11.9. The second kappa shape index (κ2) is 7.94. The van der Waals surface area contributed by atoms with Crippen LogP contribution in [0.2, 0.25) is 5.02 Å². The van der Waals surface area contributed by atoms with E-state index in [9.17, 15) is 4.79 Å². The Bertz CT molecular complexity index is 468. The smallest absolute Gasteiger partial charge is 0.241 e. The number of halogens is 1. The topological polar surface area (TPSA) is 82.8 Å². The van der Waals surface area contributed by atoms with Crippen molar-refractivity contribution in [3.05, 3.63) is 17.2 Å². The highest BCUT2D eigenvalue weighted by Gasteiger charge is 2.17. The number of anilines is 1. The molecule has 7 heteroatoms. The summed E-state index contributed by atoms with van der Waals surface area (Å²) in [7, 11) is 4.54. The van der Waals surface area contributed by atoms with E-state index in [1.54, 1.807) is 19.2 Å². The fourth-order valence-corrected chi connectivity index (χ4v) is 1.80. The van der Waals surface area contributed by atoms with E-state index in [4.69, 9.17) is 31.5 Å². The predicted octanol–water partition coefficient (Wildman–Crippen LogP) is 1.66. The number of hydrogen-bond donors (Lipinski definition) is 2. The lowest BCUT2D eigenvalue weighted by Crippen LogP contribution is -2.36. The van der Waals surface area contributed by atoms with Gasteiger partial charge in [-0.3, -0.25) is 4.79 Å². The van der Waals surface area contributed by atoms with Gasteiger partial charge in [-0.25, -0.2) is 0 Å². The molecule has 1 atom stereocenters. The number of rotatable bonds is 7. The quantitative estimate of drug-likeness (QED) is 0.800. The Labute approximate surface area is 123 Å². The van der Waals surface area contributed by atoms with Crippen LogP contribution in [0, 0.1) is 0 Å². The van der Waals surface area contributed by atoms with E-state index in [2.05, 4.69) is 5.32 Å². The van der Waals surface area contributed by atoms with Gasteiger partial charge in [0.2, 0.25) is 5.91 Å². The Balaban J connectivity index is 2.86. The molecule has 6 nitrogen and oxygen atoms in total. The molecular formula is C13H19ClN2O4. The minimum absolute atomic E-state index is 0.332. The van der Waals surface area contributed by atoms with Crippen molar-refractivity contribution in [1.82, 2.24) is 0 Å². The standard InChI is InChI=1S/C13H19ClN2O4/c1-18-5-4-9(15)13(17)16-10-6-8(14)11(19-2)7-12(10)20-3/h6-7,9H,4-5,15H2,1-3H3,(H,16,17). The van der Waals surface area contributed by atoms with Gasteiger partial charge in [0, 0.05) is 19.8 Å². The molecule has 0 heterocycles. The number of carbonyl (C=O) groups excluding carboxylic acids is 1. The Kier molecular flexibility index (Phi) is 6.57. The highest BCUT2D eigenvalue weighted by molar-refractivity contribution is 6.32. The second-order valence-electron chi connectivity index (χ2n) is 4.06. The molecule has 0 radical (unpaired) electrons. The Morgan fingerprint density at radius 1 is 1.30 bits per heavy atom. The molecule has 112 valence electrons. The maximum Gasteiger partial charge on any atom is 0.241 e. The molecule has 3 N–H and O–H groups in total. The van der Waals surface area contributed by atoms with E-state index in [-0.39, 0.29) is 5.91 Å². The Morgan fingerprint density at radius 2 is 1.95 bits per heavy atom. The first kappa shape index (κ1) is 16.6. The van der Waals surface area contributed by atoms with Crippen molar-refractivity contribution in [2.24, 2.45) is 5.73 Å². The molecule has 1 rings (SSSR count). The minimum Gasteiger partial charge on any atom is -0.495 e. The summed E-state index contributed by atoms with van der Waals surface area (Å²) >= 11 is 6.02. The average Bonchev–Trinajstić information content (AvgIpc) is 2.44. The Morgan fingerprint density at radius 3 is 2.50 bits per heavy atom. The highest BCUT2D eigenvalue weighted by atomic mass is 35.5. The number of methoxy groups -OCH3 is 3. The van der Waals surface area contributed by atoms with Crippen LogP contribution in [0.3, 0.4) is 0 Å². The molecule has 1 amide bonds. The zero-order valence-electron chi connectivity index (χ0n) is 11.7. The summed E-state index contributed by atoms with van der Waals surface area (Å²) in [6.07, 6.45) is 0.425. The summed E-state index contributed by atoms with van der Waals surface area (Å²) in [4.78, 5) is 11.9. The third-order valence-corrected chi connectivity index (χ3v) is 3.00. The molecule has 0 fully saturated rings. The maximum absolute atomic E-state index is 11.9. The number of nitrogens with two attached hydrogens (primary N) is 1. The summed E-state index contributed by atoms with van der Waals surface area (Å²) in [6.45, 7) is 0.412. The van der Waals surface area contributed by atoms with Gasteiger partial charge in [-0.2, -0.15) is 0 Å². The number of carbonyl (C=O) groups is 1. The fraction of sp³-hybridized carbons (Fsp3) is 0.462. The van der Waals surface area contributed by atoms with Gasteiger partial charge in [-0.1, -0.05) is 11.6 Å². The molecule has 0 aliphatic heterocycles. The first-order chi connectivity index (χ1) is 9.53. The predicted molar refractivity (Wildman–Crippen MR) is 77.7 cm³/mol. The SMILES string of the molecule is COCCC(N)C(=O)Nc1cc(Cl)c(OC)cc1OC. The van der Waals surface area contributed by atoms with Gasteiger partial charge in [0.05, 0.1) is 31.0 Å². The van der Waals surface area contributed by atoms with Crippen molar-refractivity contribution in [2.45, 2.75) is 12.5 Å². The summed E-state index contributed by atoms with van der Waals surface area (Å²) in [6, 6.07) is 2.49. The van der Waals surface area contributed by atoms with Crippen LogP contribution in [-0.4, -0.2) is 39.9 Å². The molecule has 0 saturated carbocycles. The van der Waals surface area contributed by atoms with E-state index in [0.717, 1.165) is 0 Å². The molecule has 0 bridgehead atoms. The van der Waals surface area contributed by atoms with Gasteiger partial charge >= 0.3 is 0 Å². The Hall–Kier alpha value is -1.50. The van der Waals surface area contributed by atoms with Crippen LogP contribution in [0.5, 0.6) is 11.5 Å². The number of ether oxygens (including phenoxy) is 3. The zero-order chi connectivity index (χ0) is 15.1. The number of nitrogens with one attached hydrogen (secondary N) is 1. The molecule has 0 spiro atoms. The molecule has 20 heavy (non-hydrogen) atoms. The molecule has 0 aliphatic rings. The normalized spacial score (nSPS) is 11.8. The summed E-state index contributed by atoms with van der Waals surface area (Å²) < 4.78 is 15.2. The first-order valence-corrected chi connectivity index (χ1v) is 6.38. The molecule has 1 unspecified atom stereocenters. The molecule has 0 saturated heterocycles. The van der Waals surface area contributed by atoms with Crippen molar-refractivity contribution >= 4 is 23.2 Å². The third kappa shape index (κ3) is 4.26. The second-order valence-corrected chi connectivity index (χ2v) is 4.47. The van der Waals surface area contributed by atoms with Crippen molar-refractivity contribution in [2.75, 3.05) is 33.3 Å². The number of benzene rings is 1. The van der Waals surface area contributed by atoms with Crippen LogP contribution >= 0.6 is 11.6 Å². The molecule has 0 aliphatic carbocycles. The van der Waals surface area contributed by atoms with Crippen molar-refractivity contribution in [1.29, 1.82) is 0 Å². The van der Waals surface area contributed by atoms with E-state index in [0.29, 0.717) is 35.2 Å². The van der Waals surface area contributed by atoms with Crippen molar-refractivity contribution in [3.8, 4) is 11.5 Å². The van der Waals surface area contributed by atoms with Gasteiger partial charge in [0.1, 0.15) is 11.5 Å².